The van der Waals surface area contributed by atoms with Crippen molar-refractivity contribution in [3.8, 4) is 11.5 Å². The SMILES string of the molecule is CCOC(=C1\C=CC=CC1)/C(C(=O)OC)=C1/C=CC(c2ccc(OC)cc2)(c2ccc(OC)cc2)OC1. The quantitative estimate of drug-likeness (QED) is 0.259. The molecule has 2 aromatic carbocycles. The van der Waals surface area contributed by atoms with Crippen molar-refractivity contribution in [1.82, 2.24) is 0 Å². The number of carbonyl (C=O) groups excluding carboxylic acids is 1. The normalized spacial score (nSPS) is 18.7. The van der Waals surface area contributed by atoms with E-state index < -0.39 is 11.6 Å². The second kappa shape index (κ2) is 11.8. The summed E-state index contributed by atoms with van der Waals surface area (Å²) >= 11 is 0. The molecule has 0 aromatic heterocycles. The highest BCUT2D eigenvalue weighted by Gasteiger charge is 2.37. The smallest absolute Gasteiger partial charge is 0.342 e. The fourth-order valence-electron chi connectivity index (χ4n) is 4.49. The Morgan fingerprint density at radius 2 is 1.49 bits per heavy atom. The maximum Gasteiger partial charge on any atom is 0.342 e. The molecule has 0 radical (unpaired) electrons. The van der Waals surface area contributed by atoms with Gasteiger partial charge in [0.2, 0.25) is 0 Å². The van der Waals surface area contributed by atoms with Gasteiger partial charge in [0.25, 0.3) is 0 Å². The minimum Gasteiger partial charge on any atom is -0.497 e. The molecule has 0 N–H and O–H groups in total. The van der Waals surface area contributed by atoms with Gasteiger partial charge < -0.3 is 23.7 Å². The van der Waals surface area contributed by atoms with Crippen molar-refractivity contribution in [3.05, 3.63) is 119 Å². The second-order valence-electron chi connectivity index (χ2n) is 8.49. The van der Waals surface area contributed by atoms with Crippen LogP contribution in [0.2, 0.25) is 0 Å². The minimum atomic E-state index is -0.879. The molecule has 0 unspecified atom stereocenters. The molecule has 0 amide bonds. The van der Waals surface area contributed by atoms with Crippen molar-refractivity contribution in [3.63, 3.8) is 0 Å². The Morgan fingerprint density at radius 3 is 1.92 bits per heavy atom. The number of carbonyl (C=O) groups is 1. The van der Waals surface area contributed by atoms with Crippen molar-refractivity contribution in [1.29, 1.82) is 0 Å². The molecule has 0 saturated carbocycles. The fraction of sp³-hybridized carbons (Fsp3) is 0.258. The molecule has 1 heterocycles. The molecule has 2 aliphatic rings. The van der Waals surface area contributed by atoms with Gasteiger partial charge >= 0.3 is 5.97 Å². The molecule has 6 nitrogen and oxygen atoms in total. The van der Waals surface area contributed by atoms with Crippen molar-refractivity contribution in [2.45, 2.75) is 18.9 Å². The first-order chi connectivity index (χ1) is 18.1. The molecule has 192 valence electrons. The monoisotopic (exact) mass is 500 g/mol. The lowest BCUT2D eigenvalue weighted by molar-refractivity contribution is -0.136. The number of hydrogen-bond acceptors (Lipinski definition) is 6. The number of allylic oxidation sites excluding steroid dienone is 5. The summed E-state index contributed by atoms with van der Waals surface area (Å²) in [5.74, 6) is 1.55. The van der Waals surface area contributed by atoms with Crippen molar-refractivity contribution in [2.24, 2.45) is 0 Å². The average molecular weight is 501 g/mol. The first-order valence-corrected chi connectivity index (χ1v) is 12.2. The summed E-state index contributed by atoms with van der Waals surface area (Å²) in [4.78, 5) is 13.1. The highest BCUT2D eigenvalue weighted by molar-refractivity contribution is 5.94. The summed E-state index contributed by atoms with van der Waals surface area (Å²) in [5.41, 5.74) is 2.94. The first-order valence-electron chi connectivity index (χ1n) is 12.2. The Kier molecular flexibility index (Phi) is 8.31. The molecule has 1 aliphatic carbocycles. The van der Waals surface area contributed by atoms with E-state index in [2.05, 4.69) is 0 Å². The Hall–Kier alpha value is -4.03. The first kappa shape index (κ1) is 26.0. The molecule has 6 heteroatoms. The Labute approximate surface area is 218 Å². The van der Waals surface area contributed by atoms with E-state index in [1.165, 1.54) is 7.11 Å². The lowest BCUT2D eigenvalue weighted by atomic mass is 9.83. The van der Waals surface area contributed by atoms with Crippen LogP contribution in [0.4, 0.5) is 0 Å². The standard InChI is InChI=1S/C31H32O6/c1-5-36-29(22-9-7-6-8-10-22)28(30(32)35-4)23-19-20-31(37-21-23,24-11-15-26(33-2)16-12-24)25-13-17-27(34-3)18-14-25/h6-9,11-20H,5,10,21H2,1-4H3/b28-23+,29-22+. The largest absolute Gasteiger partial charge is 0.497 e. The number of ether oxygens (including phenoxy) is 5. The second-order valence-corrected chi connectivity index (χ2v) is 8.49. The van der Waals surface area contributed by atoms with E-state index in [0.29, 0.717) is 29.9 Å². The van der Waals surface area contributed by atoms with Crippen molar-refractivity contribution in [2.75, 3.05) is 34.5 Å². The van der Waals surface area contributed by atoms with Crippen LogP contribution in [0.3, 0.4) is 0 Å². The number of benzene rings is 2. The number of methoxy groups -OCH3 is 3. The Morgan fingerprint density at radius 1 is 0.865 bits per heavy atom. The average Bonchev–Trinajstić information content (AvgIpc) is 2.97. The molecule has 0 atom stereocenters. The van der Waals surface area contributed by atoms with E-state index >= 15 is 0 Å². The van der Waals surface area contributed by atoms with Crippen LogP contribution in [0, 0.1) is 0 Å². The third-order valence-corrected chi connectivity index (χ3v) is 6.41. The predicted octanol–water partition coefficient (Wildman–Crippen LogP) is 5.81. The molecule has 4 rings (SSSR count). The van der Waals surface area contributed by atoms with E-state index in [4.69, 9.17) is 23.7 Å². The van der Waals surface area contributed by atoms with Crippen LogP contribution in [0.1, 0.15) is 24.5 Å². The van der Waals surface area contributed by atoms with Crippen LogP contribution >= 0.6 is 0 Å². The van der Waals surface area contributed by atoms with Crippen LogP contribution in [0.25, 0.3) is 0 Å². The van der Waals surface area contributed by atoms with Gasteiger partial charge in [0.1, 0.15) is 28.4 Å². The molecule has 0 spiro atoms. The fourth-order valence-corrected chi connectivity index (χ4v) is 4.49. The van der Waals surface area contributed by atoms with Crippen molar-refractivity contribution >= 4 is 5.97 Å². The highest BCUT2D eigenvalue weighted by Crippen LogP contribution is 2.41. The number of esters is 1. The lowest BCUT2D eigenvalue weighted by Gasteiger charge is -2.36. The molecule has 0 bridgehead atoms. The van der Waals surface area contributed by atoms with E-state index in [1.807, 2.05) is 91.9 Å². The topological polar surface area (TPSA) is 63.2 Å². The molecule has 0 fully saturated rings. The summed E-state index contributed by atoms with van der Waals surface area (Å²) < 4.78 is 28.6. The summed E-state index contributed by atoms with van der Waals surface area (Å²) in [6.07, 6.45) is 12.5. The summed E-state index contributed by atoms with van der Waals surface area (Å²) in [6.45, 7) is 2.48. The van der Waals surface area contributed by atoms with Gasteiger partial charge in [0, 0.05) is 0 Å². The zero-order chi connectivity index (χ0) is 26.3. The van der Waals surface area contributed by atoms with Gasteiger partial charge in [-0.15, -0.1) is 0 Å². The van der Waals surface area contributed by atoms with E-state index in [-0.39, 0.29) is 6.61 Å². The number of hydrogen-bond donors (Lipinski definition) is 0. The lowest BCUT2D eigenvalue weighted by Crippen LogP contribution is -2.33. The zero-order valence-corrected chi connectivity index (χ0v) is 21.7. The van der Waals surface area contributed by atoms with Crippen molar-refractivity contribution < 1.29 is 28.5 Å². The van der Waals surface area contributed by atoms with Gasteiger partial charge in [-0.1, -0.05) is 54.6 Å². The molecule has 2 aromatic rings. The van der Waals surface area contributed by atoms with E-state index in [0.717, 1.165) is 28.2 Å². The molecule has 0 saturated heterocycles. The van der Waals surface area contributed by atoms with Gasteiger partial charge in [0.15, 0.2) is 0 Å². The van der Waals surface area contributed by atoms with Gasteiger partial charge in [-0.2, -0.15) is 0 Å². The van der Waals surface area contributed by atoms with Crippen LogP contribution in [0.5, 0.6) is 11.5 Å². The molecular weight excluding hydrogens is 468 g/mol. The molecule has 37 heavy (non-hydrogen) atoms. The van der Waals surface area contributed by atoms with E-state index in [1.54, 1.807) is 14.2 Å². The maximum absolute atomic E-state index is 13.1. The van der Waals surface area contributed by atoms with E-state index in [9.17, 15) is 4.79 Å². The van der Waals surface area contributed by atoms with Gasteiger partial charge in [-0.25, -0.2) is 4.79 Å². The Bertz CT molecular complexity index is 1210. The van der Waals surface area contributed by atoms with Crippen LogP contribution < -0.4 is 9.47 Å². The Balaban J connectivity index is 1.86. The third-order valence-electron chi connectivity index (χ3n) is 6.41. The molecular formula is C31H32O6. The van der Waals surface area contributed by atoms with Gasteiger partial charge in [-0.05, 0) is 66.0 Å². The summed E-state index contributed by atoms with van der Waals surface area (Å²) in [5, 5.41) is 0. The van der Waals surface area contributed by atoms with Gasteiger partial charge in [0.05, 0.1) is 34.5 Å². The van der Waals surface area contributed by atoms with Gasteiger partial charge in [-0.3, -0.25) is 0 Å². The summed E-state index contributed by atoms with van der Waals surface area (Å²) in [7, 11) is 4.65. The highest BCUT2D eigenvalue weighted by atomic mass is 16.5. The third kappa shape index (κ3) is 5.39. The number of rotatable bonds is 8. The minimum absolute atomic E-state index is 0.169. The van der Waals surface area contributed by atoms with Crippen LogP contribution in [0.15, 0.2) is 107 Å². The molecule has 1 aliphatic heterocycles. The maximum atomic E-state index is 13.1. The summed E-state index contributed by atoms with van der Waals surface area (Å²) in [6, 6.07) is 15.6. The predicted molar refractivity (Wildman–Crippen MR) is 142 cm³/mol. The van der Waals surface area contributed by atoms with Crippen LogP contribution in [-0.4, -0.2) is 40.5 Å². The van der Waals surface area contributed by atoms with Crippen LogP contribution in [-0.2, 0) is 24.6 Å². The zero-order valence-electron chi connectivity index (χ0n) is 21.7.